The van der Waals surface area contributed by atoms with Crippen LogP contribution in [0.25, 0.3) is 9.75 Å². The van der Waals surface area contributed by atoms with Gasteiger partial charge in [-0.05, 0) is 24.1 Å². The number of anilines is 1. The Morgan fingerprint density at radius 2 is 2.17 bits per heavy atom. The molecular weight excluding hydrogens is 290 g/mol. The van der Waals surface area contributed by atoms with Gasteiger partial charge < -0.3 is 10.5 Å². The van der Waals surface area contributed by atoms with E-state index in [1.807, 2.05) is 19.1 Å². The fourth-order valence-electron chi connectivity index (χ4n) is 1.71. The summed E-state index contributed by atoms with van der Waals surface area (Å²) >= 11 is 8.78. The van der Waals surface area contributed by atoms with Gasteiger partial charge in [0.2, 0.25) is 0 Å². The Kier molecular flexibility index (Phi) is 3.94. The SMILES string of the molecule is CCc1c(-c2ccc(Cl)s2)sc(C(=O)OC)c1N. The fraction of sp³-hybridized carbons (Fsp3) is 0.250. The van der Waals surface area contributed by atoms with Gasteiger partial charge in [-0.15, -0.1) is 22.7 Å². The number of carbonyl (C=O) groups excluding carboxylic acids is 1. The summed E-state index contributed by atoms with van der Waals surface area (Å²) in [6, 6.07) is 3.78. The van der Waals surface area contributed by atoms with Crippen molar-refractivity contribution < 1.29 is 9.53 Å². The number of esters is 1. The van der Waals surface area contributed by atoms with E-state index in [1.54, 1.807) is 0 Å². The molecule has 0 spiro atoms. The van der Waals surface area contributed by atoms with Crippen molar-refractivity contribution in [2.75, 3.05) is 12.8 Å². The Morgan fingerprint density at radius 1 is 1.44 bits per heavy atom. The van der Waals surface area contributed by atoms with Crippen LogP contribution in [0, 0.1) is 0 Å². The Bertz CT molecular complexity index is 589. The molecular formula is C12H12ClNO2S2. The Balaban J connectivity index is 2.57. The van der Waals surface area contributed by atoms with Crippen LogP contribution < -0.4 is 5.73 Å². The first kappa shape index (κ1) is 13.4. The maximum atomic E-state index is 11.6. The third kappa shape index (κ3) is 2.25. The third-order valence-electron chi connectivity index (χ3n) is 2.57. The molecule has 0 saturated carbocycles. The standard InChI is InChI=1S/C12H12ClNO2S2/c1-3-6-9(14)11(12(15)16-2)18-10(6)7-4-5-8(13)17-7/h4-5H,3,14H2,1-2H3. The number of hydrogen-bond acceptors (Lipinski definition) is 5. The minimum absolute atomic E-state index is 0.388. The monoisotopic (exact) mass is 301 g/mol. The quantitative estimate of drug-likeness (QED) is 0.870. The molecule has 0 aliphatic heterocycles. The summed E-state index contributed by atoms with van der Waals surface area (Å²) in [4.78, 5) is 14.1. The summed E-state index contributed by atoms with van der Waals surface area (Å²) in [7, 11) is 1.36. The highest BCUT2D eigenvalue weighted by molar-refractivity contribution is 7.25. The summed E-state index contributed by atoms with van der Waals surface area (Å²) in [5.41, 5.74) is 7.52. The molecule has 6 heteroatoms. The van der Waals surface area contributed by atoms with E-state index in [2.05, 4.69) is 0 Å². The lowest BCUT2D eigenvalue weighted by atomic mass is 10.1. The van der Waals surface area contributed by atoms with E-state index in [1.165, 1.54) is 29.8 Å². The third-order valence-corrected chi connectivity index (χ3v) is 5.21. The van der Waals surface area contributed by atoms with Crippen molar-refractivity contribution in [1.82, 2.24) is 0 Å². The molecule has 2 aromatic rings. The van der Waals surface area contributed by atoms with E-state index in [-0.39, 0.29) is 5.97 Å². The molecule has 0 aliphatic rings. The number of rotatable bonds is 3. The normalized spacial score (nSPS) is 10.6. The van der Waals surface area contributed by atoms with E-state index >= 15 is 0 Å². The van der Waals surface area contributed by atoms with Crippen LogP contribution in [-0.4, -0.2) is 13.1 Å². The number of carbonyl (C=O) groups is 1. The highest BCUT2D eigenvalue weighted by Crippen LogP contribution is 2.42. The minimum atomic E-state index is -0.388. The molecule has 0 amide bonds. The predicted molar refractivity (Wildman–Crippen MR) is 77.8 cm³/mol. The van der Waals surface area contributed by atoms with E-state index in [0.29, 0.717) is 10.6 Å². The van der Waals surface area contributed by atoms with Crippen molar-refractivity contribution in [3.8, 4) is 9.75 Å². The number of methoxy groups -OCH3 is 1. The van der Waals surface area contributed by atoms with Crippen molar-refractivity contribution >= 4 is 45.9 Å². The highest BCUT2D eigenvalue weighted by Gasteiger charge is 2.22. The number of thiophene rings is 2. The average molecular weight is 302 g/mol. The van der Waals surface area contributed by atoms with Gasteiger partial charge in [-0.25, -0.2) is 4.79 Å². The van der Waals surface area contributed by atoms with Gasteiger partial charge in [-0.1, -0.05) is 18.5 Å². The largest absolute Gasteiger partial charge is 0.465 e. The summed E-state index contributed by atoms with van der Waals surface area (Å²) in [6.45, 7) is 2.01. The summed E-state index contributed by atoms with van der Waals surface area (Å²) in [5.74, 6) is -0.388. The number of hydrogen-bond donors (Lipinski definition) is 1. The lowest BCUT2D eigenvalue weighted by molar-refractivity contribution is 0.0607. The zero-order valence-corrected chi connectivity index (χ0v) is 12.3. The first-order chi connectivity index (χ1) is 8.58. The highest BCUT2D eigenvalue weighted by atomic mass is 35.5. The molecule has 0 fully saturated rings. The molecule has 0 atom stereocenters. The van der Waals surface area contributed by atoms with E-state index in [9.17, 15) is 4.79 Å². The zero-order chi connectivity index (χ0) is 13.3. The first-order valence-electron chi connectivity index (χ1n) is 5.33. The van der Waals surface area contributed by atoms with Gasteiger partial charge >= 0.3 is 5.97 Å². The van der Waals surface area contributed by atoms with Crippen molar-refractivity contribution in [2.45, 2.75) is 13.3 Å². The molecule has 18 heavy (non-hydrogen) atoms. The Morgan fingerprint density at radius 3 is 2.67 bits per heavy atom. The first-order valence-corrected chi connectivity index (χ1v) is 7.34. The Labute approximate surface area is 118 Å². The molecule has 2 aromatic heterocycles. The summed E-state index contributed by atoms with van der Waals surface area (Å²) in [6.07, 6.45) is 0.768. The molecule has 3 nitrogen and oxygen atoms in total. The van der Waals surface area contributed by atoms with Crippen LogP contribution in [0.3, 0.4) is 0 Å². The van der Waals surface area contributed by atoms with E-state index in [4.69, 9.17) is 22.1 Å². The average Bonchev–Trinajstić information content (AvgIpc) is 2.92. The van der Waals surface area contributed by atoms with Gasteiger partial charge in [-0.2, -0.15) is 0 Å². The second kappa shape index (κ2) is 5.30. The van der Waals surface area contributed by atoms with Crippen LogP contribution in [0.5, 0.6) is 0 Å². The van der Waals surface area contributed by atoms with Crippen LogP contribution in [0.2, 0.25) is 4.34 Å². The van der Waals surface area contributed by atoms with Crippen LogP contribution in [0.4, 0.5) is 5.69 Å². The second-order valence-electron chi connectivity index (χ2n) is 3.60. The molecule has 0 bridgehead atoms. The number of ether oxygens (including phenoxy) is 1. The zero-order valence-electron chi connectivity index (χ0n) is 9.95. The number of nitrogen functional groups attached to an aromatic ring is 1. The molecule has 0 radical (unpaired) electrons. The minimum Gasteiger partial charge on any atom is -0.465 e. The van der Waals surface area contributed by atoms with Crippen molar-refractivity contribution in [2.24, 2.45) is 0 Å². The van der Waals surface area contributed by atoms with Gasteiger partial charge in [0.1, 0.15) is 4.88 Å². The lowest BCUT2D eigenvalue weighted by Crippen LogP contribution is -2.02. The molecule has 96 valence electrons. The Hall–Kier alpha value is -1.04. The molecule has 0 saturated heterocycles. The summed E-state index contributed by atoms with van der Waals surface area (Å²) < 4.78 is 5.46. The van der Waals surface area contributed by atoms with E-state index < -0.39 is 0 Å². The van der Waals surface area contributed by atoms with Crippen LogP contribution in [0.15, 0.2) is 12.1 Å². The van der Waals surface area contributed by atoms with Crippen molar-refractivity contribution in [3.63, 3.8) is 0 Å². The van der Waals surface area contributed by atoms with Crippen LogP contribution >= 0.6 is 34.3 Å². The smallest absolute Gasteiger partial charge is 0.350 e. The molecule has 0 aliphatic carbocycles. The van der Waals surface area contributed by atoms with Crippen molar-refractivity contribution in [3.05, 3.63) is 26.9 Å². The molecule has 0 aromatic carbocycles. The molecule has 2 heterocycles. The lowest BCUT2D eigenvalue weighted by Gasteiger charge is -1.99. The molecule has 2 N–H and O–H groups in total. The van der Waals surface area contributed by atoms with Gasteiger partial charge in [0.25, 0.3) is 0 Å². The maximum Gasteiger partial charge on any atom is 0.350 e. The van der Waals surface area contributed by atoms with Crippen LogP contribution in [-0.2, 0) is 11.2 Å². The second-order valence-corrected chi connectivity index (χ2v) is 6.34. The van der Waals surface area contributed by atoms with Crippen LogP contribution in [0.1, 0.15) is 22.2 Å². The maximum absolute atomic E-state index is 11.6. The summed E-state index contributed by atoms with van der Waals surface area (Å²) in [5, 5.41) is 0. The van der Waals surface area contributed by atoms with Gasteiger partial charge in [-0.3, -0.25) is 0 Å². The van der Waals surface area contributed by atoms with Gasteiger partial charge in [0, 0.05) is 4.88 Å². The topological polar surface area (TPSA) is 52.3 Å². The number of halogens is 1. The fourth-order valence-corrected chi connectivity index (χ4v) is 4.12. The number of nitrogens with two attached hydrogens (primary N) is 1. The van der Waals surface area contributed by atoms with E-state index in [0.717, 1.165) is 26.1 Å². The predicted octanol–water partition coefficient (Wildman–Crippen LogP) is 4.06. The van der Waals surface area contributed by atoms with Gasteiger partial charge in [0.05, 0.1) is 22.0 Å². The van der Waals surface area contributed by atoms with Gasteiger partial charge in [0.15, 0.2) is 0 Å². The van der Waals surface area contributed by atoms with Crippen molar-refractivity contribution in [1.29, 1.82) is 0 Å². The molecule has 2 rings (SSSR count). The molecule has 0 unspecified atom stereocenters.